The molecule has 4 N–H and O–H groups in total. The van der Waals surface area contributed by atoms with Crippen LogP contribution in [0.5, 0.6) is 0 Å². The van der Waals surface area contributed by atoms with Crippen molar-refractivity contribution in [3.63, 3.8) is 0 Å². The number of hydrogen-bond acceptors (Lipinski definition) is 7. The first-order chi connectivity index (χ1) is 8.42. The Morgan fingerprint density at radius 3 is 2.50 bits per heavy atom. The van der Waals surface area contributed by atoms with Crippen molar-refractivity contribution in [2.75, 3.05) is 6.61 Å². The molecule has 2 unspecified atom stereocenters. The van der Waals surface area contributed by atoms with Gasteiger partial charge in [-0.1, -0.05) is 6.92 Å². The molecule has 8 nitrogen and oxygen atoms in total. The smallest absolute Gasteiger partial charge is 0.327 e. The van der Waals surface area contributed by atoms with E-state index < -0.39 is 36.6 Å². The molecule has 0 aromatic rings. The van der Waals surface area contributed by atoms with Crippen LogP contribution in [0.2, 0.25) is 0 Å². The van der Waals surface area contributed by atoms with Crippen molar-refractivity contribution in [1.29, 1.82) is 0 Å². The first-order valence-corrected chi connectivity index (χ1v) is 5.47. The largest absolute Gasteiger partial charge is 0.480 e. The van der Waals surface area contributed by atoms with Crippen LogP contribution in [-0.4, -0.2) is 51.9 Å². The predicted octanol–water partition coefficient (Wildman–Crippen LogP) is -0.941. The van der Waals surface area contributed by atoms with Gasteiger partial charge in [-0.05, 0) is 13.3 Å². The maximum absolute atomic E-state index is 11.2. The molecule has 0 aliphatic rings. The van der Waals surface area contributed by atoms with Gasteiger partial charge >= 0.3 is 11.9 Å². The number of aliphatic carboxylic acids is 1. The molecule has 0 saturated heterocycles. The zero-order valence-electron chi connectivity index (χ0n) is 10.3. The molecule has 0 rings (SSSR count). The van der Waals surface area contributed by atoms with Gasteiger partial charge < -0.3 is 20.1 Å². The van der Waals surface area contributed by atoms with Crippen LogP contribution in [0.15, 0.2) is 5.10 Å². The van der Waals surface area contributed by atoms with Crippen molar-refractivity contribution in [2.45, 2.75) is 38.8 Å². The zero-order valence-corrected chi connectivity index (χ0v) is 10.3. The van der Waals surface area contributed by atoms with E-state index in [1.54, 1.807) is 6.92 Å². The molecule has 0 spiro atoms. The first-order valence-electron chi connectivity index (χ1n) is 5.47. The van der Waals surface area contributed by atoms with Gasteiger partial charge in [0.15, 0.2) is 6.10 Å². The average Bonchev–Trinajstić information content (AvgIpc) is 2.33. The summed E-state index contributed by atoms with van der Waals surface area (Å²) in [4.78, 5) is 21.7. The first kappa shape index (κ1) is 16.3. The van der Waals surface area contributed by atoms with Gasteiger partial charge in [-0.25, -0.2) is 4.79 Å². The van der Waals surface area contributed by atoms with Crippen molar-refractivity contribution in [1.82, 2.24) is 5.43 Å². The number of carboxylic acid groups (broad SMARTS) is 1. The monoisotopic (exact) mass is 262 g/mol. The van der Waals surface area contributed by atoms with E-state index in [2.05, 4.69) is 10.5 Å². The Morgan fingerprint density at radius 1 is 1.44 bits per heavy atom. The Kier molecular flexibility index (Phi) is 7.64. The highest BCUT2D eigenvalue weighted by molar-refractivity contribution is 5.91. The molecule has 0 aromatic heterocycles. The topological polar surface area (TPSA) is 128 Å². The van der Waals surface area contributed by atoms with Crippen LogP contribution in [0.25, 0.3) is 0 Å². The van der Waals surface area contributed by atoms with Crippen LogP contribution in [-0.2, 0) is 14.3 Å². The molecule has 8 heteroatoms. The van der Waals surface area contributed by atoms with E-state index in [0.717, 1.165) is 0 Å². The molecule has 104 valence electrons. The molecule has 0 fully saturated rings. The van der Waals surface area contributed by atoms with Gasteiger partial charge in [0.25, 0.3) is 0 Å². The number of rotatable bonds is 7. The summed E-state index contributed by atoms with van der Waals surface area (Å²) in [6.07, 6.45) is -0.800. The van der Waals surface area contributed by atoms with E-state index in [4.69, 9.17) is 14.9 Å². The second-order valence-corrected chi connectivity index (χ2v) is 3.56. The standard InChI is InChI=1S/C10H18N2O6/c1-3-4-8(15)18-9(7(14)5-13)12-11-6(2)10(16)17/h6-7,11,13-14H,3-5H2,1-2H3,(H,16,17). The number of esters is 1. The quantitative estimate of drug-likeness (QED) is 0.202. The molecule has 0 bridgehead atoms. The van der Waals surface area contributed by atoms with Gasteiger partial charge in [-0.2, -0.15) is 0 Å². The molecule has 2 atom stereocenters. The van der Waals surface area contributed by atoms with Crippen molar-refractivity contribution in [3.05, 3.63) is 0 Å². The lowest BCUT2D eigenvalue weighted by atomic mass is 10.3. The number of aliphatic hydroxyl groups is 2. The Labute approximate surface area is 104 Å². The number of hydrazone groups is 1. The second kappa shape index (κ2) is 8.43. The Morgan fingerprint density at radius 2 is 2.06 bits per heavy atom. The molecule has 0 aromatic carbocycles. The fourth-order valence-corrected chi connectivity index (χ4v) is 0.831. The van der Waals surface area contributed by atoms with Gasteiger partial charge in [0, 0.05) is 6.42 Å². The third-order valence-corrected chi connectivity index (χ3v) is 1.87. The van der Waals surface area contributed by atoms with E-state index in [0.29, 0.717) is 6.42 Å². The van der Waals surface area contributed by atoms with Crippen LogP contribution in [0, 0.1) is 0 Å². The minimum Gasteiger partial charge on any atom is -0.480 e. The Bertz CT molecular complexity index is 317. The van der Waals surface area contributed by atoms with Crippen molar-refractivity contribution < 1.29 is 29.6 Å². The fourth-order valence-electron chi connectivity index (χ4n) is 0.831. The molecule has 0 aliphatic carbocycles. The van der Waals surface area contributed by atoms with E-state index in [9.17, 15) is 14.7 Å². The predicted molar refractivity (Wildman–Crippen MR) is 61.8 cm³/mol. The molecule has 18 heavy (non-hydrogen) atoms. The van der Waals surface area contributed by atoms with Gasteiger partial charge in [0.1, 0.15) is 6.04 Å². The van der Waals surface area contributed by atoms with Crippen molar-refractivity contribution in [2.24, 2.45) is 5.10 Å². The lowest BCUT2D eigenvalue weighted by Gasteiger charge is -2.13. The summed E-state index contributed by atoms with van der Waals surface area (Å²) in [6, 6.07) is -1.02. The highest BCUT2D eigenvalue weighted by Crippen LogP contribution is 1.97. The fraction of sp³-hybridized carbons (Fsp3) is 0.700. The number of aliphatic hydroxyl groups excluding tert-OH is 2. The van der Waals surface area contributed by atoms with Crippen LogP contribution in [0.1, 0.15) is 26.7 Å². The van der Waals surface area contributed by atoms with Crippen molar-refractivity contribution >= 4 is 17.8 Å². The summed E-state index contributed by atoms with van der Waals surface area (Å²) < 4.78 is 4.72. The van der Waals surface area contributed by atoms with Crippen LogP contribution < -0.4 is 5.43 Å². The van der Waals surface area contributed by atoms with Gasteiger partial charge in [-0.15, -0.1) is 5.10 Å². The van der Waals surface area contributed by atoms with Gasteiger partial charge in [0.05, 0.1) is 6.61 Å². The lowest BCUT2D eigenvalue weighted by Crippen LogP contribution is -2.35. The summed E-state index contributed by atoms with van der Waals surface area (Å²) >= 11 is 0. The van der Waals surface area contributed by atoms with E-state index in [-0.39, 0.29) is 6.42 Å². The molecule has 0 radical (unpaired) electrons. The number of nitrogens with one attached hydrogen (secondary N) is 1. The average molecular weight is 262 g/mol. The molecule has 0 saturated carbocycles. The van der Waals surface area contributed by atoms with E-state index in [1.807, 2.05) is 0 Å². The molecule has 0 aliphatic heterocycles. The molecular formula is C10H18N2O6. The number of ether oxygens (including phenoxy) is 1. The SMILES string of the molecule is CCCC(=O)OC(=NNC(C)C(=O)O)C(O)CO. The summed E-state index contributed by atoms with van der Waals surface area (Å²) in [5.41, 5.74) is 2.18. The number of nitrogens with zero attached hydrogens (tertiary/aromatic N) is 1. The molecular weight excluding hydrogens is 244 g/mol. The van der Waals surface area contributed by atoms with Gasteiger partial charge in [-0.3, -0.25) is 10.2 Å². The van der Waals surface area contributed by atoms with Crippen LogP contribution in [0.4, 0.5) is 0 Å². The van der Waals surface area contributed by atoms with E-state index >= 15 is 0 Å². The zero-order chi connectivity index (χ0) is 14.1. The summed E-state index contributed by atoms with van der Waals surface area (Å²) in [5.74, 6) is -2.23. The minimum absolute atomic E-state index is 0.131. The molecule has 0 heterocycles. The Hall–Kier alpha value is -1.67. The highest BCUT2D eigenvalue weighted by Gasteiger charge is 2.18. The number of carboxylic acids is 1. The molecule has 0 amide bonds. The highest BCUT2D eigenvalue weighted by atomic mass is 16.6. The van der Waals surface area contributed by atoms with Crippen LogP contribution in [0.3, 0.4) is 0 Å². The second-order valence-electron chi connectivity index (χ2n) is 3.56. The summed E-state index contributed by atoms with van der Waals surface area (Å²) in [6.45, 7) is 2.40. The number of hydrogen-bond donors (Lipinski definition) is 4. The van der Waals surface area contributed by atoms with E-state index in [1.165, 1.54) is 6.92 Å². The maximum atomic E-state index is 11.2. The normalized spacial score (nSPS) is 14.8. The Balaban J connectivity index is 4.62. The van der Waals surface area contributed by atoms with Crippen LogP contribution >= 0.6 is 0 Å². The third-order valence-electron chi connectivity index (χ3n) is 1.87. The van der Waals surface area contributed by atoms with Crippen molar-refractivity contribution in [3.8, 4) is 0 Å². The summed E-state index contributed by atoms with van der Waals surface area (Å²) in [5, 5.41) is 30.2. The maximum Gasteiger partial charge on any atom is 0.327 e. The number of carbonyl (C=O) groups is 2. The minimum atomic E-state index is -1.49. The number of carbonyl (C=O) groups excluding carboxylic acids is 1. The summed E-state index contributed by atoms with van der Waals surface area (Å²) in [7, 11) is 0. The lowest BCUT2D eigenvalue weighted by molar-refractivity contribution is -0.139. The van der Waals surface area contributed by atoms with Gasteiger partial charge in [0.2, 0.25) is 5.90 Å². The third kappa shape index (κ3) is 6.16.